The predicted octanol–water partition coefficient (Wildman–Crippen LogP) is 5.53. The molecule has 0 amide bonds. The molecule has 0 aromatic heterocycles. The van der Waals surface area contributed by atoms with E-state index in [-0.39, 0.29) is 11.6 Å². The summed E-state index contributed by atoms with van der Waals surface area (Å²) in [4.78, 5) is 8.52. The molecular formula is C15H13Cl6N3O. The van der Waals surface area contributed by atoms with Crippen molar-refractivity contribution in [3.8, 4) is 0 Å². The van der Waals surface area contributed by atoms with Crippen molar-refractivity contribution in [3.63, 3.8) is 0 Å². The topological polar surface area (TPSA) is 46.0 Å². The van der Waals surface area contributed by atoms with Crippen LogP contribution in [0.25, 0.3) is 6.08 Å². The van der Waals surface area contributed by atoms with Crippen molar-refractivity contribution in [1.29, 1.82) is 0 Å². The smallest absolute Gasteiger partial charge is 0.257 e. The molecule has 1 atom stereocenters. The number of nitrogens with zero attached hydrogens (tertiary/aromatic N) is 2. The Hall–Kier alpha value is -0.360. The molecule has 1 aromatic carbocycles. The van der Waals surface area contributed by atoms with E-state index in [1.807, 2.05) is 30.3 Å². The summed E-state index contributed by atoms with van der Waals surface area (Å²) in [5.74, 6) is 0.156. The molecule has 0 radical (unpaired) electrons. The Bertz CT molecular complexity index is 693. The summed E-state index contributed by atoms with van der Waals surface area (Å²) < 4.78 is 1.83. The van der Waals surface area contributed by atoms with Gasteiger partial charge in [-0.05, 0) is 18.6 Å². The summed E-state index contributed by atoms with van der Waals surface area (Å²) in [6.07, 6.45) is 2.93. The van der Waals surface area contributed by atoms with Crippen LogP contribution in [0.4, 0.5) is 0 Å². The zero-order valence-electron chi connectivity index (χ0n) is 12.8. The van der Waals surface area contributed by atoms with E-state index >= 15 is 0 Å². The average Bonchev–Trinajstić information content (AvgIpc) is 2.53. The maximum Gasteiger partial charge on any atom is 0.257 e. The summed E-state index contributed by atoms with van der Waals surface area (Å²) >= 11 is 36.4. The lowest BCUT2D eigenvalue weighted by Gasteiger charge is -2.37. The highest BCUT2D eigenvalue weighted by molar-refractivity contribution is 6.77. The number of benzene rings is 1. The second-order valence-corrected chi connectivity index (χ2v) is 9.45. The predicted molar refractivity (Wildman–Crippen MR) is 108 cm³/mol. The van der Waals surface area contributed by atoms with Crippen molar-refractivity contribution >= 4 is 87.9 Å². The average molecular weight is 464 g/mol. The van der Waals surface area contributed by atoms with E-state index in [2.05, 4.69) is 15.3 Å². The van der Waals surface area contributed by atoms with E-state index in [9.17, 15) is 0 Å². The number of hydrogen-bond acceptors (Lipinski definition) is 4. The molecule has 1 aromatic rings. The maximum absolute atomic E-state index is 6.21. The number of ether oxygens (including phenoxy) is 1. The van der Waals surface area contributed by atoms with Crippen LogP contribution in [0.3, 0.4) is 0 Å². The molecule has 2 rings (SSSR count). The third kappa shape index (κ3) is 4.88. The van der Waals surface area contributed by atoms with Crippen LogP contribution in [0.2, 0.25) is 0 Å². The number of hydrogen-bond donors (Lipinski definition) is 1. The van der Waals surface area contributed by atoms with E-state index in [0.717, 1.165) is 5.56 Å². The summed E-state index contributed by atoms with van der Waals surface area (Å²) in [6, 6.07) is 9.31. The highest BCUT2D eigenvalue weighted by atomic mass is 35.6. The fourth-order valence-electron chi connectivity index (χ4n) is 2.05. The number of aliphatic imine (C=N–C) groups is 2. The van der Waals surface area contributed by atoms with Crippen LogP contribution in [-0.2, 0) is 4.74 Å². The van der Waals surface area contributed by atoms with Gasteiger partial charge >= 0.3 is 0 Å². The zero-order valence-corrected chi connectivity index (χ0v) is 17.4. The number of alkyl halides is 6. The third-order valence-corrected chi connectivity index (χ3v) is 4.46. The van der Waals surface area contributed by atoms with Crippen molar-refractivity contribution in [2.24, 2.45) is 9.98 Å². The van der Waals surface area contributed by atoms with Gasteiger partial charge in [0, 0.05) is 0 Å². The molecule has 4 nitrogen and oxygen atoms in total. The van der Waals surface area contributed by atoms with Gasteiger partial charge in [0.1, 0.15) is 0 Å². The monoisotopic (exact) mass is 461 g/mol. The largest absolute Gasteiger partial charge is 0.493 e. The summed E-state index contributed by atoms with van der Waals surface area (Å²) in [5.41, 5.74) is -0.951. The van der Waals surface area contributed by atoms with Crippen LogP contribution < -0.4 is 5.32 Å². The van der Waals surface area contributed by atoms with Gasteiger partial charge in [0.25, 0.3) is 5.66 Å². The van der Waals surface area contributed by atoms with Crippen molar-refractivity contribution in [1.82, 2.24) is 5.32 Å². The summed E-state index contributed by atoms with van der Waals surface area (Å²) in [6.45, 7) is 2.08. The first-order chi connectivity index (χ1) is 11.6. The van der Waals surface area contributed by atoms with E-state index < -0.39 is 13.2 Å². The molecule has 0 saturated carbocycles. The Kier molecular flexibility index (Phi) is 6.80. The molecule has 0 bridgehead atoms. The van der Waals surface area contributed by atoms with Gasteiger partial charge < -0.3 is 10.1 Å². The first-order valence-electron chi connectivity index (χ1n) is 7.04. The Morgan fingerprint density at radius 3 is 2.32 bits per heavy atom. The number of amidine groups is 1. The summed E-state index contributed by atoms with van der Waals surface area (Å²) in [5, 5.41) is 2.65. The Morgan fingerprint density at radius 1 is 1.16 bits per heavy atom. The van der Waals surface area contributed by atoms with Gasteiger partial charge in [0.2, 0.25) is 7.59 Å². The van der Waals surface area contributed by atoms with Gasteiger partial charge in [0.15, 0.2) is 11.6 Å². The minimum absolute atomic E-state index is 0.0440. The van der Waals surface area contributed by atoms with E-state index in [1.165, 1.54) is 6.34 Å². The van der Waals surface area contributed by atoms with Gasteiger partial charge in [-0.25, -0.2) is 9.98 Å². The van der Waals surface area contributed by atoms with Gasteiger partial charge in [-0.1, -0.05) is 99.9 Å². The van der Waals surface area contributed by atoms with Crippen LogP contribution in [-0.4, -0.2) is 32.0 Å². The van der Waals surface area contributed by atoms with Crippen molar-refractivity contribution in [3.05, 3.63) is 41.7 Å². The number of nitrogens with one attached hydrogen (secondary N) is 1. The van der Waals surface area contributed by atoms with Crippen LogP contribution in [0.1, 0.15) is 12.5 Å². The Morgan fingerprint density at radius 2 is 1.80 bits per heavy atom. The van der Waals surface area contributed by atoms with Crippen LogP contribution in [0.5, 0.6) is 0 Å². The minimum atomic E-state index is -2.01. The minimum Gasteiger partial charge on any atom is -0.493 e. The molecule has 1 aliphatic rings. The highest BCUT2D eigenvalue weighted by Crippen LogP contribution is 2.48. The first-order valence-corrected chi connectivity index (χ1v) is 9.31. The maximum atomic E-state index is 6.21. The Balaban J connectivity index is 2.66. The van der Waals surface area contributed by atoms with E-state index in [1.54, 1.807) is 13.0 Å². The SMILES string of the molecule is CCOC(=Cc1ccccc1)C1(C(Cl)(Cl)Cl)N=CNC(C(Cl)(Cl)Cl)=N1. The molecule has 10 heteroatoms. The molecule has 0 aliphatic carbocycles. The molecular weight excluding hydrogens is 451 g/mol. The number of halogens is 6. The quantitative estimate of drug-likeness (QED) is 0.471. The molecule has 1 heterocycles. The highest BCUT2D eigenvalue weighted by Gasteiger charge is 2.55. The second kappa shape index (κ2) is 8.12. The Labute approximate surface area is 175 Å². The summed E-state index contributed by atoms with van der Waals surface area (Å²) in [7, 11) is 0. The van der Waals surface area contributed by atoms with Gasteiger partial charge in [-0.15, -0.1) is 0 Å². The first kappa shape index (κ1) is 20.9. The van der Waals surface area contributed by atoms with Gasteiger partial charge in [-0.2, -0.15) is 0 Å². The molecule has 0 spiro atoms. The lowest BCUT2D eigenvalue weighted by molar-refractivity contribution is 0.183. The van der Waals surface area contributed by atoms with Crippen LogP contribution >= 0.6 is 69.6 Å². The normalized spacial score (nSPS) is 21.6. The fourth-order valence-corrected chi connectivity index (χ4v) is 2.89. The van der Waals surface area contributed by atoms with E-state index in [4.69, 9.17) is 74.3 Å². The lowest BCUT2D eigenvalue weighted by Crippen LogP contribution is -2.50. The fraction of sp³-hybridized carbons (Fsp3) is 0.333. The molecule has 1 aliphatic heterocycles. The van der Waals surface area contributed by atoms with Gasteiger partial charge in [0.05, 0.1) is 12.9 Å². The molecule has 25 heavy (non-hydrogen) atoms. The lowest BCUT2D eigenvalue weighted by atomic mass is 10.1. The zero-order chi connectivity index (χ0) is 18.7. The standard InChI is InChI=1S/C15H13Cl6N3O/c1-2-25-11(8-10-6-4-3-5-7-10)13(15(19,20)21)23-9-22-12(24-13)14(16,17)18/h3-9H,2H2,1H3,(H,22,23,24). The number of rotatable bonds is 4. The third-order valence-electron chi connectivity index (χ3n) is 3.13. The van der Waals surface area contributed by atoms with Crippen molar-refractivity contribution < 1.29 is 4.74 Å². The van der Waals surface area contributed by atoms with Crippen molar-refractivity contribution in [2.75, 3.05) is 6.61 Å². The molecule has 0 saturated heterocycles. The van der Waals surface area contributed by atoms with Gasteiger partial charge in [-0.3, -0.25) is 0 Å². The van der Waals surface area contributed by atoms with E-state index in [0.29, 0.717) is 6.61 Å². The van der Waals surface area contributed by atoms with Crippen molar-refractivity contribution in [2.45, 2.75) is 20.2 Å². The van der Waals surface area contributed by atoms with Crippen LogP contribution in [0.15, 0.2) is 46.1 Å². The molecule has 1 N–H and O–H groups in total. The molecule has 1 unspecified atom stereocenters. The molecule has 136 valence electrons. The van der Waals surface area contributed by atoms with Crippen LogP contribution in [0, 0.1) is 0 Å². The molecule has 0 fully saturated rings. The second-order valence-electron chi connectivity index (χ2n) is 4.88.